The number of aryl methyl sites for hydroxylation is 1. The quantitative estimate of drug-likeness (QED) is 0.645. The van der Waals surface area contributed by atoms with E-state index in [1.54, 1.807) is 11.3 Å². The Morgan fingerprint density at radius 1 is 1.16 bits per heavy atom. The first kappa shape index (κ1) is 17.9. The maximum atomic E-state index is 10.4. The fraction of sp³-hybridized carbons (Fsp3) is 0.381. The number of thiazole rings is 1. The van der Waals surface area contributed by atoms with Gasteiger partial charge in [0.15, 0.2) is 0 Å². The molecule has 0 radical (unpaired) electrons. The number of aromatic nitrogens is 1. The van der Waals surface area contributed by atoms with Crippen LogP contribution in [-0.4, -0.2) is 22.0 Å². The number of benzene rings is 2. The summed E-state index contributed by atoms with van der Waals surface area (Å²) >= 11 is 1.74. The Morgan fingerprint density at radius 3 is 2.56 bits per heavy atom. The van der Waals surface area contributed by atoms with Gasteiger partial charge in [0, 0.05) is 12.1 Å². The molecule has 0 saturated carbocycles. The molecule has 0 spiro atoms. The van der Waals surface area contributed by atoms with Crippen molar-refractivity contribution in [2.24, 2.45) is 0 Å². The molecule has 3 rings (SSSR count). The number of phenolic OH excluding ortho intramolecular Hbond substituents is 1. The van der Waals surface area contributed by atoms with Crippen LogP contribution < -0.4 is 0 Å². The lowest BCUT2D eigenvalue weighted by atomic mass is 9.95. The van der Waals surface area contributed by atoms with Crippen LogP contribution in [0.25, 0.3) is 10.2 Å². The molecule has 0 unspecified atom stereocenters. The maximum Gasteiger partial charge on any atom is 0.120 e. The van der Waals surface area contributed by atoms with Crippen molar-refractivity contribution < 1.29 is 5.11 Å². The second-order valence-electron chi connectivity index (χ2n) is 7.10. The fourth-order valence-electron chi connectivity index (χ4n) is 3.17. The predicted octanol–water partition coefficient (Wildman–Crippen LogP) is 5.63. The van der Waals surface area contributed by atoms with Crippen molar-refractivity contribution >= 4 is 21.6 Å². The summed E-state index contributed by atoms with van der Waals surface area (Å²) < 4.78 is 1.22. The number of aromatic hydroxyl groups is 1. The van der Waals surface area contributed by atoms with Crippen LogP contribution >= 0.6 is 11.3 Å². The number of hydrogen-bond acceptors (Lipinski definition) is 4. The molecule has 4 heteroatoms. The standard InChI is InChI=1S/C21H26N2OS/c1-13(2)17-11-16(19(24)10-14(17)3)12-23(5)15(4)21-22-18-8-6-7-9-20(18)25-21/h6-11,13,15,24H,12H2,1-5H3/t15-/m1/s1. The molecule has 25 heavy (non-hydrogen) atoms. The van der Waals surface area contributed by atoms with Crippen molar-refractivity contribution in [2.75, 3.05) is 7.05 Å². The number of rotatable bonds is 5. The lowest BCUT2D eigenvalue weighted by molar-refractivity contribution is 0.249. The molecule has 1 atom stereocenters. The SMILES string of the molecule is Cc1cc(O)c(CN(C)[C@H](C)c2nc3ccccc3s2)cc1C(C)C. The van der Waals surface area contributed by atoms with Gasteiger partial charge in [0.05, 0.1) is 16.3 Å². The van der Waals surface area contributed by atoms with E-state index >= 15 is 0 Å². The summed E-state index contributed by atoms with van der Waals surface area (Å²) in [6, 6.07) is 12.5. The van der Waals surface area contributed by atoms with E-state index in [0.29, 0.717) is 18.2 Å². The highest BCUT2D eigenvalue weighted by Gasteiger charge is 2.18. The van der Waals surface area contributed by atoms with E-state index < -0.39 is 0 Å². The molecular formula is C21H26N2OS. The molecule has 1 heterocycles. The number of phenols is 1. The van der Waals surface area contributed by atoms with Gasteiger partial charge in [-0.25, -0.2) is 4.98 Å². The Kier molecular flexibility index (Phi) is 5.11. The topological polar surface area (TPSA) is 36.4 Å². The monoisotopic (exact) mass is 354 g/mol. The summed E-state index contributed by atoms with van der Waals surface area (Å²) in [5.41, 5.74) is 4.49. The van der Waals surface area contributed by atoms with Gasteiger partial charge in [0.1, 0.15) is 10.8 Å². The molecule has 1 aromatic heterocycles. The first-order chi connectivity index (χ1) is 11.9. The van der Waals surface area contributed by atoms with Crippen molar-refractivity contribution in [3.05, 3.63) is 58.1 Å². The van der Waals surface area contributed by atoms with E-state index in [-0.39, 0.29) is 6.04 Å². The van der Waals surface area contributed by atoms with Crippen LogP contribution in [0.4, 0.5) is 0 Å². The van der Waals surface area contributed by atoms with E-state index in [0.717, 1.165) is 21.7 Å². The van der Waals surface area contributed by atoms with Gasteiger partial charge in [-0.3, -0.25) is 4.90 Å². The Bertz CT molecular complexity index is 852. The summed E-state index contributed by atoms with van der Waals surface area (Å²) in [4.78, 5) is 7.01. The van der Waals surface area contributed by atoms with Gasteiger partial charge in [-0.15, -0.1) is 11.3 Å². The molecule has 1 N–H and O–H groups in total. The zero-order valence-electron chi connectivity index (χ0n) is 15.6. The van der Waals surface area contributed by atoms with Gasteiger partial charge < -0.3 is 5.11 Å². The van der Waals surface area contributed by atoms with E-state index in [1.165, 1.54) is 10.3 Å². The fourth-order valence-corrected chi connectivity index (χ4v) is 4.25. The van der Waals surface area contributed by atoms with Gasteiger partial charge in [-0.1, -0.05) is 32.0 Å². The number of fused-ring (bicyclic) bond motifs is 1. The molecule has 2 aromatic carbocycles. The zero-order chi connectivity index (χ0) is 18.1. The third-order valence-corrected chi connectivity index (χ3v) is 6.04. The number of para-hydroxylation sites is 1. The van der Waals surface area contributed by atoms with Gasteiger partial charge in [0.2, 0.25) is 0 Å². The van der Waals surface area contributed by atoms with Crippen LogP contribution in [0, 0.1) is 6.92 Å². The summed E-state index contributed by atoms with van der Waals surface area (Å²) in [5.74, 6) is 0.830. The molecule has 0 amide bonds. The van der Waals surface area contributed by atoms with Gasteiger partial charge >= 0.3 is 0 Å². The summed E-state index contributed by atoms with van der Waals surface area (Å²) in [6.07, 6.45) is 0. The molecule has 3 aromatic rings. The molecule has 0 aliphatic heterocycles. The van der Waals surface area contributed by atoms with Crippen LogP contribution in [0.1, 0.15) is 54.4 Å². The molecule has 0 aliphatic rings. The van der Waals surface area contributed by atoms with E-state index in [9.17, 15) is 5.11 Å². The highest BCUT2D eigenvalue weighted by molar-refractivity contribution is 7.18. The summed E-state index contributed by atoms with van der Waals surface area (Å²) in [7, 11) is 2.09. The Balaban J connectivity index is 1.83. The number of nitrogens with zero attached hydrogens (tertiary/aromatic N) is 2. The maximum absolute atomic E-state index is 10.4. The second kappa shape index (κ2) is 7.14. The van der Waals surface area contributed by atoms with Crippen molar-refractivity contribution in [3.63, 3.8) is 0 Å². The molecule has 132 valence electrons. The van der Waals surface area contributed by atoms with E-state index in [4.69, 9.17) is 4.98 Å². The Hall–Kier alpha value is -1.91. The van der Waals surface area contributed by atoms with Crippen molar-refractivity contribution in [2.45, 2.75) is 46.2 Å². The average molecular weight is 355 g/mol. The van der Waals surface area contributed by atoms with Crippen molar-refractivity contribution in [3.8, 4) is 5.75 Å². The smallest absolute Gasteiger partial charge is 0.120 e. The first-order valence-electron chi connectivity index (χ1n) is 8.75. The normalized spacial score (nSPS) is 13.1. The average Bonchev–Trinajstić information content (AvgIpc) is 3.00. The molecular weight excluding hydrogens is 328 g/mol. The predicted molar refractivity (Wildman–Crippen MR) is 106 cm³/mol. The highest BCUT2D eigenvalue weighted by atomic mass is 32.1. The van der Waals surface area contributed by atoms with Gasteiger partial charge in [-0.05, 0) is 56.1 Å². The summed E-state index contributed by atoms with van der Waals surface area (Å²) in [6.45, 7) is 9.31. The third-order valence-electron chi connectivity index (χ3n) is 4.84. The molecule has 0 bridgehead atoms. The van der Waals surface area contributed by atoms with Crippen LogP contribution in [0.3, 0.4) is 0 Å². The van der Waals surface area contributed by atoms with E-state index in [1.807, 2.05) is 12.1 Å². The Morgan fingerprint density at radius 2 is 1.88 bits per heavy atom. The van der Waals surface area contributed by atoms with Gasteiger partial charge in [0.25, 0.3) is 0 Å². The van der Waals surface area contributed by atoms with Crippen LogP contribution in [-0.2, 0) is 6.54 Å². The molecule has 0 saturated heterocycles. The first-order valence-corrected chi connectivity index (χ1v) is 9.56. The van der Waals surface area contributed by atoms with Crippen LogP contribution in [0.2, 0.25) is 0 Å². The summed E-state index contributed by atoms with van der Waals surface area (Å²) in [5, 5.41) is 11.5. The lowest BCUT2D eigenvalue weighted by Gasteiger charge is -2.24. The minimum Gasteiger partial charge on any atom is -0.508 e. The van der Waals surface area contributed by atoms with Crippen LogP contribution in [0.5, 0.6) is 5.75 Å². The lowest BCUT2D eigenvalue weighted by Crippen LogP contribution is -2.22. The zero-order valence-corrected chi connectivity index (χ0v) is 16.4. The largest absolute Gasteiger partial charge is 0.508 e. The molecule has 0 aliphatic carbocycles. The molecule has 3 nitrogen and oxygen atoms in total. The van der Waals surface area contributed by atoms with Crippen molar-refractivity contribution in [1.82, 2.24) is 9.88 Å². The highest BCUT2D eigenvalue weighted by Crippen LogP contribution is 2.32. The van der Waals surface area contributed by atoms with Crippen molar-refractivity contribution in [1.29, 1.82) is 0 Å². The van der Waals surface area contributed by atoms with Gasteiger partial charge in [-0.2, -0.15) is 0 Å². The minimum absolute atomic E-state index is 0.195. The molecule has 0 fully saturated rings. The van der Waals surface area contributed by atoms with E-state index in [2.05, 4.69) is 63.9 Å². The Labute approximate surface area is 154 Å². The number of hydrogen-bond donors (Lipinski definition) is 1. The second-order valence-corrected chi connectivity index (χ2v) is 8.17. The van der Waals surface area contributed by atoms with Crippen LogP contribution in [0.15, 0.2) is 36.4 Å². The minimum atomic E-state index is 0.195. The third kappa shape index (κ3) is 3.70.